The number of carbonyl (C=O) groups excluding carboxylic acids is 1. The van der Waals surface area contributed by atoms with Crippen molar-refractivity contribution in [2.24, 2.45) is 0 Å². The van der Waals surface area contributed by atoms with E-state index in [9.17, 15) is 9.59 Å². The Morgan fingerprint density at radius 2 is 1.90 bits per heavy atom. The lowest BCUT2D eigenvalue weighted by molar-refractivity contribution is 0.0690. The van der Waals surface area contributed by atoms with Crippen LogP contribution in [-0.4, -0.2) is 32.1 Å². The third kappa shape index (κ3) is 3.73. The molecule has 2 heterocycles. The molecule has 2 aromatic rings. The van der Waals surface area contributed by atoms with Gasteiger partial charge in [0.15, 0.2) is 0 Å². The van der Waals surface area contributed by atoms with Crippen molar-refractivity contribution in [3.05, 3.63) is 48.3 Å². The maximum atomic E-state index is 11.6. The van der Waals surface area contributed by atoms with Crippen LogP contribution in [0.1, 0.15) is 16.1 Å². The van der Waals surface area contributed by atoms with Crippen LogP contribution in [0.2, 0.25) is 0 Å². The number of pyridine rings is 1. The average Bonchev–Trinajstić information content (AvgIpc) is 2.46. The number of rotatable bonds is 4. The van der Waals surface area contributed by atoms with Crippen LogP contribution in [-0.2, 0) is 6.54 Å². The zero-order valence-corrected chi connectivity index (χ0v) is 10.3. The predicted octanol–water partition coefficient (Wildman–Crippen LogP) is 0.892. The van der Waals surface area contributed by atoms with E-state index in [0.29, 0.717) is 11.3 Å². The van der Waals surface area contributed by atoms with Gasteiger partial charge < -0.3 is 15.7 Å². The summed E-state index contributed by atoms with van der Waals surface area (Å²) in [6.07, 6.45) is 5.69. The number of carbonyl (C=O) groups is 2. The highest BCUT2D eigenvalue weighted by Crippen LogP contribution is 2.02. The number of aromatic nitrogens is 3. The number of hydrogen-bond donors (Lipinski definition) is 3. The molecule has 0 saturated carbocycles. The molecular weight excluding hydrogens is 262 g/mol. The van der Waals surface area contributed by atoms with Gasteiger partial charge in [0.05, 0.1) is 18.1 Å². The van der Waals surface area contributed by atoms with Crippen LogP contribution in [0.5, 0.6) is 0 Å². The van der Waals surface area contributed by atoms with E-state index in [1.54, 1.807) is 6.07 Å². The fourth-order valence-corrected chi connectivity index (χ4v) is 1.38. The van der Waals surface area contributed by atoms with Crippen LogP contribution >= 0.6 is 0 Å². The van der Waals surface area contributed by atoms with Crippen molar-refractivity contribution in [3.63, 3.8) is 0 Å². The van der Waals surface area contributed by atoms with Crippen LogP contribution in [0.25, 0.3) is 0 Å². The van der Waals surface area contributed by atoms with Gasteiger partial charge in [-0.15, -0.1) is 0 Å². The van der Waals surface area contributed by atoms with E-state index in [2.05, 4.69) is 25.6 Å². The van der Waals surface area contributed by atoms with Crippen LogP contribution in [0.3, 0.4) is 0 Å². The first-order chi connectivity index (χ1) is 9.65. The molecule has 0 unspecified atom stereocenters. The van der Waals surface area contributed by atoms with Gasteiger partial charge >= 0.3 is 12.0 Å². The predicted molar refractivity (Wildman–Crippen MR) is 69.1 cm³/mol. The highest BCUT2D eigenvalue weighted by atomic mass is 16.4. The molecule has 0 radical (unpaired) electrons. The van der Waals surface area contributed by atoms with Crippen molar-refractivity contribution in [2.45, 2.75) is 6.54 Å². The summed E-state index contributed by atoms with van der Waals surface area (Å²) in [7, 11) is 0. The molecule has 0 fully saturated rings. The normalized spacial score (nSPS) is 9.80. The zero-order chi connectivity index (χ0) is 14.4. The molecule has 8 heteroatoms. The third-order valence-electron chi connectivity index (χ3n) is 2.32. The Bertz CT molecular complexity index is 600. The number of hydrogen-bond acceptors (Lipinski definition) is 5. The van der Waals surface area contributed by atoms with E-state index in [1.165, 1.54) is 31.0 Å². The molecule has 2 rings (SSSR count). The van der Waals surface area contributed by atoms with Gasteiger partial charge in [0.2, 0.25) is 0 Å². The van der Waals surface area contributed by atoms with E-state index in [-0.39, 0.29) is 12.2 Å². The maximum absolute atomic E-state index is 11.6. The Kier molecular flexibility index (Phi) is 4.17. The summed E-state index contributed by atoms with van der Waals surface area (Å²) < 4.78 is 0. The molecular formula is C12H11N5O3. The average molecular weight is 273 g/mol. The van der Waals surface area contributed by atoms with E-state index >= 15 is 0 Å². The topological polar surface area (TPSA) is 117 Å². The van der Waals surface area contributed by atoms with Gasteiger partial charge in [0, 0.05) is 12.7 Å². The number of aromatic carboxylic acids is 1. The molecule has 2 aromatic heterocycles. The first-order valence-corrected chi connectivity index (χ1v) is 5.63. The Morgan fingerprint density at radius 1 is 1.15 bits per heavy atom. The second-order valence-corrected chi connectivity index (χ2v) is 3.79. The van der Waals surface area contributed by atoms with Gasteiger partial charge in [-0.25, -0.2) is 24.5 Å². The van der Waals surface area contributed by atoms with E-state index in [1.807, 2.05) is 0 Å². The monoisotopic (exact) mass is 273 g/mol. The molecule has 0 aromatic carbocycles. The number of carboxylic acids is 1. The second-order valence-electron chi connectivity index (χ2n) is 3.79. The highest BCUT2D eigenvalue weighted by Gasteiger charge is 2.05. The Hall–Kier alpha value is -3.03. The second kappa shape index (κ2) is 6.23. The summed E-state index contributed by atoms with van der Waals surface area (Å²) in [5.74, 6) is -1.09. The quantitative estimate of drug-likeness (QED) is 0.761. The lowest BCUT2D eigenvalue weighted by Crippen LogP contribution is -2.28. The fraction of sp³-hybridized carbons (Fsp3) is 0.0833. The van der Waals surface area contributed by atoms with Gasteiger partial charge in [-0.05, 0) is 11.6 Å². The number of anilines is 1. The van der Waals surface area contributed by atoms with Gasteiger partial charge in [-0.3, -0.25) is 0 Å². The largest absolute Gasteiger partial charge is 0.477 e. The molecule has 0 aliphatic heterocycles. The standard InChI is InChI=1S/C12H11N5O3/c18-11(19)10-2-1-8(3-15-10)4-16-12(20)17-9-5-13-7-14-6-9/h1-3,5-7H,4H2,(H,18,19)(H2,16,17,20). The molecule has 102 valence electrons. The van der Waals surface area contributed by atoms with E-state index < -0.39 is 12.0 Å². The van der Waals surface area contributed by atoms with Crippen LogP contribution in [0.4, 0.5) is 10.5 Å². The van der Waals surface area contributed by atoms with Crippen LogP contribution in [0.15, 0.2) is 37.1 Å². The van der Waals surface area contributed by atoms with Crippen molar-refractivity contribution in [2.75, 3.05) is 5.32 Å². The fourth-order valence-electron chi connectivity index (χ4n) is 1.38. The van der Waals surface area contributed by atoms with E-state index in [4.69, 9.17) is 5.11 Å². The molecule has 0 saturated heterocycles. The summed E-state index contributed by atoms with van der Waals surface area (Å²) in [5, 5.41) is 13.9. The molecule has 0 spiro atoms. The summed E-state index contributed by atoms with van der Waals surface area (Å²) >= 11 is 0. The van der Waals surface area contributed by atoms with Crippen molar-refractivity contribution >= 4 is 17.7 Å². The highest BCUT2D eigenvalue weighted by molar-refractivity contribution is 5.88. The molecule has 2 amide bonds. The van der Waals surface area contributed by atoms with Gasteiger partial charge in [-0.2, -0.15) is 0 Å². The number of carboxylic acid groups (broad SMARTS) is 1. The minimum atomic E-state index is -1.09. The van der Waals surface area contributed by atoms with E-state index in [0.717, 1.165) is 0 Å². The molecule has 8 nitrogen and oxygen atoms in total. The van der Waals surface area contributed by atoms with Gasteiger partial charge in [-0.1, -0.05) is 6.07 Å². The van der Waals surface area contributed by atoms with Crippen molar-refractivity contribution in [1.82, 2.24) is 20.3 Å². The van der Waals surface area contributed by atoms with Crippen molar-refractivity contribution < 1.29 is 14.7 Å². The zero-order valence-electron chi connectivity index (χ0n) is 10.3. The van der Waals surface area contributed by atoms with Crippen molar-refractivity contribution in [1.29, 1.82) is 0 Å². The Morgan fingerprint density at radius 3 is 2.50 bits per heavy atom. The number of urea groups is 1. The molecule has 0 aliphatic carbocycles. The minimum absolute atomic E-state index is 0.0420. The Labute approximate surface area is 113 Å². The Balaban J connectivity index is 1.85. The molecule has 0 atom stereocenters. The van der Waals surface area contributed by atoms with Gasteiger partial charge in [0.1, 0.15) is 12.0 Å². The first-order valence-electron chi connectivity index (χ1n) is 5.63. The molecule has 3 N–H and O–H groups in total. The minimum Gasteiger partial charge on any atom is -0.477 e. The lowest BCUT2D eigenvalue weighted by Gasteiger charge is -2.06. The number of amides is 2. The summed E-state index contributed by atoms with van der Waals surface area (Å²) in [5.41, 5.74) is 1.12. The maximum Gasteiger partial charge on any atom is 0.354 e. The summed E-state index contributed by atoms with van der Waals surface area (Å²) in [6, 6.07) is 2.55. The van der Waals surface area contributed by atoms with Crippen LogP contribution < -0.4 is 10.6 Å². The SMILES string of the molecule is O=C(NCc1ccc(C(=O)O)nc1)Nc1cncnc1. The summed E-state index contributed by atoms with van der Waals surface area (Å²) in [6.45, 7) is 0.229. The van der Waals surface area contributed by atoms with Crippen LogP contribution in [0, 0.1) is 0 Å². The van der Waals surface area contributed by atoms with Crippen molar-refractivity contribution in [3.8, 4) is 0 Å². The number of nitrogens with one attached hydrogen (secondary N) is 2. The van der Waals surface area contributed by atoms with Gasteiger partial charge in [0.25, 0.3) is 0 Å². The number of nitrogens with zero attached hydrogens (tertiary/aromatic N) is 3. The third-order valence-corrected chi connectivity index (χ3v) is 2.32. The molecule has 0 aliphatic rings. The summed E-state index contributed by atoms with van der Waals surface area (Å²) in [4.78, 5) is 33.5. The molecule has 20 heavy (non-hydrogen) atoms. The smallest absolute Gasteiger partial charge is 0.354 e. The lowest BCUT2D eigenvalue weighted by atomic mass is 10.2. The molecule has 0 bridgehead atoms. The first kappa shape index (κ1) is 13.4.